The number of azo groups is 1. The lowest BCUT2D eigenvalue weighted by atomic mass is 9.73. The van der Waals surface area contributed by atoms with Gasteiger partial charge in [-0.15, -0.1) is 0 Å². The first-order valence-corrected chi connectivity index (χ1v) is 15.5. The van der Waals surface area contributed by atoms with E-state index in [9.17, 15) is 5.26 Å². The minimum absolute atomic E-state index is 0.174. The SMILES string of the molecule is CCCCCCCCCCCCC(C#N)(CCCC(CCc1cccc(OC)c1)N=NC)c1cccc(C)c1. The number of unbranched alkanes of at least 4 members (excludes halogenated alkanes) is 9. The van der Waals surface area contributed by atoms with E-state index in [-0.39, 0.29) is 6.04 Å². The zero-order valence-electron chi connectivity index (χ0n) is 25.3. The van der Waals surface area contributed by atoms with E-state index >= 15 is 0 Å². The van der Waals surface area contributed by atoms with Crippen molar-refractivity contribution in [2.75, 3.05) is 14.2 Å². The summed E-state index contributed by atoms with van der Waals surface area (Å²) in [7, 11) is 3.47. The van der Waals surface area contributed by atoms with Gasteiger partial charge in [0.2, 0.25) is 0 Å². The van der Waals surface area contributed by atoms with Gasteiger partial charge in [0.05, 0.1) is 24.6 Å². The van der Waals surface area contributed by atoms with E-state index in [0.29, 0.717) is 0 Å². The van der Waals surface area contributed by atoms with E-state index < -0.39 is 5.41 Å². The number of aryl methyl sites for hydroxylation is 2. The van der Waals surface area contributed by atoms with Crippen molar-refractivity contribution in [3.8, 4) is 11.8 Å². The summed E-state index contributed by atoms with van der Waals surface area (Å²) in [6.45, 7) is 4.40. The first kappa shape index (κ1) is 32.5. The molecule has 0 aliphatic heterocycles. The molecule has 0 N–H and O–H groups in total. The van der Waals surface area contributed by atoms with Crippen LogP contribution >= 0.6 is 0 Å². The van der Waals surface area contributed by atoms with Crippen molar-refractivity contribution < 1.29 is 4.74 Å². The Morgan fingerprint density at radius 1 is 0.846 bits per heavy atom. The van der Waals surface area contributed by atoms with Crippen molar-refractivity contribution in [3.05, 3.63) is 65.2 Å². The summed E-state index contributed by atoms with van der Waals surface area (Å²) < 4.78 is 5.38. The van der Waals surface area contributed by atoms with E-state index in [1.807, 2.05) is 12.1 Å². The standard InChI is InChI=1S/C35H53N3O/c1-5-6-7-8-9-10-11-12-13-14-25-35(29-36,32-20-15-18-30(2)27-32)26-17-21-33(38-37-3)24-23-31-19-16-22-34(28-31)39-4/h15-16,18-20,22,27-28,33H,5-14,17,21,23-26H2,1-4H3. The Kier molecular flexibility index (Phi) is 16.2. The van der Waals surface area contributed by atoms with Crippen LogP contribution in [0.1, 0.15) is 120 Å². The highest BCUT2D eigenvalue weighted by atomic mass is 16.5. The van der Waals surface area contributed by atoms with Crippen LogP contribution in [0.15, 0.2) is 58.8 Å². The van der Waals surface area contributed by atoms with Crippen molar-refractivity contribution in [2.45, 2.75) is 128 Å². The zero-order chi connectivity index (χ0) is 28.2. The van der Waals surface area contributed by atoms with E-state index in [1.54, 1.807) is 14.2 Å². The minimum Gasteiger partial charge on any atom is -0.497 e. The van der Waals surface area contributed by atoms with Crippen LogP contribution in [0, 0.1) is 18.3 Å². The fourth-order valence-corrected chi connectivity index (χ4v) is 5.67. The molecule has 4 nitrogen and oxygen atoms in total. The predicted octanol–water partition coefficient (Wildman–Crippen LogP) is 10.3. The van der Waals surface area contributed by atoms with E-state index in [0.717, 1.165) is 50.7 Å². The van der Waals surface area contributed by atoms with Gasteiger partial charge in [-0.3, -0.25) is 0 Å². The number of methoxy groups -OCH3 is 1. The highest BCUT2D eigenvalue weighted by molar-refractivity contribution is 5.35. The summed E-state index contributed by atoms with van der Waals surface area (Å²) in [5.74, 6) is 0.894. The molecule has 0 fully saturated rings. The van der Waals surface area contributed by atoms with E-state index in [4.69, 9.17) is 4.74 Å². The van der Waals surface area contributed by atoms with Crippen molar-refractivity contribution in [3.63, 3.8) is 0 Å². The van der Waals surface area contributed by atoms with Crippen molar-refractivity contribution in [1.82, 2.24) is 0 Å². The lowest BCUT2D eigenvalue weighted by Gasteiger charge is -2.28. The van der Waals surface area contributed by atoms with E-state index in [1.165, 1.54) is 74.5 Å². The van der Waals surface area contributed by atoms with E-state index in [2.05, 4.69) is 66.5 Å². The maximum Gasteiger partial charge on any atom is 0.119 e. The second-order valence-corrected chi connectivity index (χ2v) is 11.2. The molecule has 0 amide bonds. The molecule has 2 aromatic carbocycles. The van der Waals surface area contributed by atoms with Gasteiger partial charge in [0.15, 0.2) is 0 Å². The monoisotopic (exact) mass is 531 g/mol. The van der Waals surface area contributed by atoms with Gasteiger partial charge in [0, 0.05) is 7.05 Å². The van der Waals surface area contributed by atoms with Crippen LogP contribution in [-0.2, 0) is 11.8 Å². The molecule has 0 aliphatic carbocycles. The zero-order valence-corrected chi connectivity index (χ0v) is 25.3. The molecule has 0 radical (unpaired) electrons. The Hall–Kier alpha value is -2.67. The van der Waals surface area contributed by atoms with Gasteiger partial charge in [0.25, 0.3) is 0 Å². The molecule has 2 rings (SSSR count). The van der Waals surface area contributed by atoms with Gasteiger partial charge in [-0.1, -0.05) is 113 Å². The minimum atomic E-state index is -0.424. The van der Waals surface area contributed by atoms with Gasteiger partial charge >= 0.3 is 0 Å². The second-order valence-electron chi connectivity index (χ2n) is 11.2. The van der Waals surface area contributed by atoms with Crippen LogP contribution < -0.4 is 4.74 Å². The lowest BCUT2D eigenvalue weighted by molar-refractivity contribution is 0.399. The molecule has 0 aromatic heterocycles. The number of nitriles is 1. The van der Waals surface area contributed by atoms with Gasteiger partial charge in [-0.25, -0.2) is 0 Å². The molecule has 2 unspecified atom stereocenters. The Balaban J connectivity index is 1.92. The largest absolute Gasteiger partial charge is 0.497 e. The van der Waals surface area contributed by atoms with Crippen LogP contribution in [0.4, 0.5) is 0 Å². The van der Waals surface area contributed by atoms with Gasteiger partial charge in [-0.05, 0) is 68.7 Å². The van der Waals surface area contributed by atoms with Gasteiger partial charge in [0.1, 0.15) is 5.75 Å². The third-order valence-electron chi connectivity index (χ3n) is 8.06. The molecule has 2 aromatic rings. The molecule has 39 heavy (non-hydrogen) atoms. The third-order valence-corrected chi connectivity index (χ3v) is 8.06. The fraction of sp³-hybridized carbons (Fsp3) is 0.629. The summed E-state index contributed by atoms with van der Waals surface area (Å²) >= 11 is 0. The van der Waals surface area contributed by atoms with Crippen LogP contribution in [0.5, 0.6) is 5.75 Å². The normalized spacial score (nSPS) is 13.7. The third kappa shape index (κ3) is 12.4. The quantitative estimate of drug-likeness (QED) is 0.119. The smallest absolute Gasteiger partial charge is 0.119 e. The predicted molar refractivity (Wildman–Crippen MR) is 165 cm³/mol. The number of benzene rings is 2. The summed E-state index contributed by atoms with van der Waals surface area (Å²) in [5, 5.41) is 19.2. The molecule has 4 heteroatoms. The molecular weight excluding hydrogens is 478 g/mol. The summed E-state index contributed by atoms with van der Waals surface area (Å²) in [6, 6.07) is 19.9. The fourth-order valence-electron chi connectivity index (χ4n) is 5.67. The topological polar surface area (TPSA) is 57.7 Å². The molecule has 2 atom stereocenters. The number of rotatable bonds is 21. The van der Waals surface area contributed by atoms with Crippen LogP contribution in [0.25, 0.3) is 0 Å². The first-order valence-electron chi connectivity index (χ1n) is 15.5. The number of nitrogens with zero attached hydrogens (tertiary/aromatic N) is 3. The average molecular weight is 532 g/mol. The highest BCUT2D eigenvalue weighted by Crippen LogP contribution is 2.36. The molecule has 0 aliphatic rings. The van der Waals surface area contributed by atoms with Crippen molar-refractivity contribution in [2.24, 2.45) is 10.2 Å². The van der Waals surface area contributed by atoms with Crippen molar-refractivity contribution in [1.29, 1.82) is 5.26 Å². The molecular formula is C35H53N3O. The molecule has 214 valence electrons. The average Bonchev–Trinajstić information content (AvgIpc) is 2.96. The number of hydrogen-bond donors (Lipinski definition) is 0. The number of ether oxygens (including phenoxy) is 1. The van der Waals surface area contributed by atoms with Gasteiger partial charge in [-0.2, -0.15) is 15.5 Å². The maximum atomic E-state index is 10.5. The van der Waals surface area contributed by atoms with Crippen LogP contribution in [0.2, 0.25) is 0 Å². The summed E-state index contributed by atoms with van der Waals surface area (Å²) in [4.78, 5) is 0. The highest BCUT2D eigenvalue weighted by Gasteiger charge is 2.31. The Morgan fingerprint density at radius 3 is 2.15 bits per heavy atom. The molecule has 0 heterocycles. The summed E-state index contributed by atoms with van der Waals surface area (Å²) in [6.07, 6.45) is 18.8. The first-order chi connectivity index (χ1) is 19.1. The summed E-state index contributed by atoms with van der Waals surface area (Å²) in [5.41, 5.74) is 3.25. The maximum absolute atomic E-state index is 10.5. The second kappa shape index (κ2) is 19.4. The Bertz CT molecular complexity index is 995. The Labute approximate surface area is 239 Å². The molecule has 0 spiro atoms. The van der Waals surface area contributed by atoms with Crippen molar-refractivity contribution >= 4 is 0 Å². The Morgan fingerprint density at radius 2 is 1.51 bits per heavy atom. The van der Waals surface area contributed by atoms with Crippen LogP contribution in [-0.4, -0.2) is 20.2 Å². The molecule has 0 saturated heterocycles. The van der Waals surface area contributed by atoms with Crippen LogP contribution in [0.3, 0.4) is 0 Å². The lowest BCUT2D eigenvalue weighted by Crippen LogP contribution is -2.25. The molecule has 0 saturated carbocycles. The van der Waals surface area contributed by atoms with Gasteiger partial charge < -0.3 is 4.74 Å². The number of hydrogen-bond acceptors (Lipinski definition) is 4. The molecule has 0 bridgehead atoms.